The van der Waals surface area contributed by atoms with E-state index in [4.69, 9.17) is 9.47 Å². The Morgan fingerprint density at radius 3 is 2.62 bits per heavy atom. The van der Waals surface area contributed by atoms with Crippen LogP contribution in [0.5, 0.6) is 5.75 Å². The molecule has 1 amide bonds. The van der Waals surface area contributed by atoms with Gasteiger partial charge in [-0.05, 0) is 31.9 Å². The second kappa shape index (κ2) is 8.34. The van der Waals surface area contributed by atoms with Crippen molar-refractivity contribution in [2.75, 3.05) is 13.2 Å². The summed E-state index contributed by atoms with van der Waals surface area (Å²) in [6.07, 6.45) is 4.17. The van der Waals surface area contributed by atoms with E-state index in [-0.39, 0.29) is 5.56 Å². The van der Waals surface area contributed by atoms with E-state index in [9.17, 15) is 14.9 Å². The zero-order valence-corrected chi connectivity index (χ0v) is 13.8. The van der Waals surface area contributed by atoms with Gasteiger partial charge in [0.2, 0.25) is 0 Å². The summed E-state index contributed by atoms with van der Waals surface area (Å²) >= 11 is 0. The number of nitriles is 1. The third-order valence-electron chi connectivity index (χ3n) is 4.04. The summed E-state index contributed by atoms with van der Waals surface area (Å²) in [7, 11) is 0. The Hall–Kier alpha value is -2.55. The Kier molecular flexibility index (Phi) is 6.19. The predicted molar refractivity (Wildman–Crippen MR) is 87.5 cm³/mol. The minimum Gasteiger partial charge on any atom is -0.493 e. The van der Waals surface area contributed by atoms with Gasteiger partial charge < -0.3 is 14.8 Å². The highest BCUT2D eigenvalue weighted by molar-refractivity contribution is 5.94. The van der Waals surface area contributed by atoms with Gasteiger partial charge in [0.1, 0.15) is 16.9 Å². The third kappa shape index (κ3) is 4.48. The Labute approximate surface area is 141 Å². The molecule has 0 spiro atoms. The molecule has 0 bridgehead atoms. The topological polar surface area (TPSA) is 88.4 Å². The summed E-state index contributed by atoms with van der Waals surface area (Å²) < 4.78 is 10.4. The molecular formula is C18H22N2O4. The van der Waals surface area contributed by atoms with E-state index in [0.29, 0.717) is 25.2 Å². The first-order valence-corrected chi connectivity index (χ1v) is 8.21. The van der Waals surface area contributed by atoms with Crippen LogP contribution in [0, 0.1) is 11.3 Å². The number of hydrogen-bond acceptors (Lipinski definition) is 5. The van der Waals surface area contributed by atoms with Crippen LogP contribution >= 0.6 is 0 Å². The van der Waals surface area contributed by atoms with Crippen molar-refractivity contribution in [3.05, 3.63) is 29.8 Å². The van der Waals surface area contributed by atoms with Gasteiger partial charge in [0.25, 0.3) is 5.91 Å². The smallest absolute Gasteiger partial charge is 0.342 e. The van der Waals surface area contributed by atoms with E-state index in [1.54, 1.807) is 24.3 Å². The fourth-order valence-electron chi connectivity index (χ4n) is 2.85. The number of ether oxygens (including phenoxy) is 2. The summed E-state index contributed by atoms with van der Waals surface area (Å²) in [6, 6.07) is 8.92. The Bertz CT molecular complexity index is 630. The van der Waals surface area contributed by atoms with E-state index >= 15 is 0 Å². The number of carbonyl (C=O) groups excluding carboxylic acids is 2. The summed E-state index contributed by atoms with van der Waals surface area (Å²) in [5.41, 5.74) is -0.551. The van der Waals surface area contributed by atoms with Crippen molar-refractivity contribution >= 4 is 11.9 Å². The SMILES string of the molecule is CCOc1ccccc1C(=O)OCC(=O)NC1(C#N)CCCCC1. The second-order valence-electron chi connectivity index (χ2n) is 5.81. The first-order valence-electron chi connectivity index (χ1n) is 8.21. The van der Waals surface area contributed by atoms with Crippen molar-refractivity contribution < 1.29 is 19.1 Å². The highest BCUT2D eigenvalue weighted by Crippen LogP contribution is 2.27. The van der Waals surface area contributed by atoms with Crippen LogP contribution in [0.4, 0.5) is 0 Å². The zero-order valence-electron chi connectivity index (χ0n) is 13.8. The molecule has 6 heteroatoms. The molecule has 6 nitrogen and oxygen atoms in total. The van der Waals surface area contributed by atoms with Crippen molar-refractivity contribution in [2.45, 2.75) is 44.6 Å². The molecule has 0 unspecified atom stereocenters. The van der Waals surface area contributed by atoms with Gasteiger partial charge >= 0.3 is 5.97 Å². The van der Waals surface area contributed by atoms with Gasteiger partial charge in [-0.3, -0.25) is 4.79 Å². The average Bonchev–Trinajstić information content (AvgIpc) is 2.61. The van der Waals surface area contributed by atoms with Crippen molar-refractivity contribution in [3.63, 3.8) is 0 Å². The Morgan fingerprint density at radius 2 is 1.96 bits per heavy atom. The van der Waals surface area contributed by atoms with Crippen molar-refractivity contribution in [1.29, 1.82) is 5.26 Å². The molecule has 128 valence electrons. The summed E-state index contributed by atoms with van der Waals surface area (Å²) in [4.78, 5) is 24.2. The first kappa shape index (κ1) is 17.8. The van der Waals surface area contributed by atoms with Gasteiger partial charge in [-0.2, -0.15) is 5.26 Å². The minimum absolute atomic E-state index is 0.278. The van der Waals surface area contributed by atoms with Gasteiger partial charge in [0, 0.05) is 0 Å². The Morgan fingerprint density at radius 1 is 1.25 bits per heavy atom. The minimum atomic E-state index is -0.828. The maximum atomic E-state index is 12.1. The number of nitrogens with one attached hydrogen (secondary N) is 1. The number of benzene rings is 1. The van der Waals surface area contributed by atoms with Crippen LogP contribution in [0.15, 0.2) is 24.3 Å². The van der Waals surface area contributed by atoms with Crippen LogP contribution in [-0.4, -0.2) is 30.6 Å². The number of nitrogens with zero attached hydrogens (tertiary/aromatic N) is 1. The summed E-state index contributed by atoms with van der Waals surface area (Å²) in [6.45, 7) is 1.83. The molecule has 1 aromatic rings. The molecule has 2 rings (SSSR count). The molecule has 1 saturated carbocycles. The fraction of sp³-hybridized carbons (Fsp3) is 0.500. The van der Waals surface area contributed by atoms with Gasteiger partial charge in [-0.25, -0.2) is 4.79 Å². The molecular weight excluding hydrogens is 308 g/mol. The zero-order chi connectivity index (χ0) is 17.4. The monoisotopic (exact) mass is 330 g/mol. The second-order valence-corrected chi connectivity index (χ2v) is 5.81. The lowest BCUT2D eigenvalue weighted by Crippen LogP contribution is -2.50. The predicted octanol–water partition coefficient (Wildman–Crippen LogP) is 2.58. The van der Waals surface area contributed by atoms with Crippen LogP contribution < -0.4 is 10.1 Å². The van der Waals surface area contributed by atoms with Crippen molar-refractivity contribution in [1.82, 2.24) is 5.32 Å². The van der Waals surface area contributed by atoms with Gasteiger partial charge in [0.05, 0.1) is 12.7 Å². The lowest BCUT2D eigenvalue weighted by Gasteiger charge is -2.31. The largest absolute Gasteiger partial charge is 0.493 e. The number of rotatable bonds is 6. The van der Waals surface area contributed by atoms with E-state index in [2.05, 4.69) is 11.4 Å². The fourth-order valence-corrected chi connectivity index (χ4v) is 2.85. The first-order chi connectivity index (χ1) is 11.6. The van der Waals surface area contributed by atoms with E-state index < -0.39 is 24.0 Å². The number of esters is 1. The number of amides is 1. The molecule has 1 fully saturated rings. The number of hydrogen-bond donors (Lipinski definition) is 1. The molecule has 0 radical (unpaired) electrons. The third-order valence-corrected chi connectivity index (χ3v) is 4.04. The Balaban J connectivity index is 1.92. The normalized spacial score (nSPS) is 15.8. The van der Waals surface area contributed by atoms with Crippen molar-refractivity contribution in [3.8, 4) is 11.8 Å². The highest BCUT2D eigenvalue weighted by Gasteiger charge is 2.33. The van der Waals surface area contributed by atoms with Crippen LogP contribution in [0.3, 0.4) is 0 Å². The van der Waals surface area contributed by atoms with Crippen LogP contribution in [0.1, 0.15) is 49.4 Å². The molecule has 0 aromatic heterocycles. The quantitative estimate of drug-likeness (QED) is 0.810. The maximum absolute atomic E-state index is 12.1. The molecule has 0 heterocycles. The van der Waals surface area contributed by atoms with Crippen molar-refractivity contribution in [2.24, 2.45) is 0 Å². The highest BCUT2D eigenvalue weighted by atomic mass is 16.5. The average molecular weight is 330 g/mol. The number of carbonyl (C=O) groups is 2. The molecule has 0 aliphatic heterocycles. The van der Waals surface area contributed by atoms with E-state index in [1.807, 2.05) is 6.92 Å². The van der Waals surface area contributed by atoms with Crippen LogP contribution in [-0.2, 0) is 9.53 Å². The lowest BCUT2D eigenvalue weighted by molar-refractivity contribution is -0.125. The molecule has 1 aliphatic carbocycles. The molecule has 24 heavy (non-hydrogen) atoms. The molecule has 1 N–H and O–H groups in total. The van der Waals surface area contributed by atoms with Gasteiger partial charge in [-0.1, -0.05) is 31.4 Å². The van der Waals surface area contributed by atoms with Crippen LogP contribution in [0.2, 0.25) is 0 Å². The molecule has 1 aliphatic rings. The molecule has 0 saturated heterocycles. The maximum Gasteiger partial charge on any atom is 0.342 e. The summed E-state index contributed by atoms with van der Waals surface area (Å²) in [5, 5.41) is 12.1. The summed E-state index contributed by atoms with van der Waals surface area (Å²) in [5.74, 6) is -0.657. The van der Waals surface area contributed by atoms with Crippen LogP contribution in [0.25, 0.3) is 0 Å². The number of para-hydroxylation sites is 1. The van der Waals surface area contributed by atoms with E-state index in [0.717, 1.165) is 19.3 Å². The van der Waals surface area contributed by atoms with E-state index in [1.165, 1.54) is 0 Å². The lowest BCUT2D eigenvalue weighted by atomic mass is 9.83. The standard InChI is InChI=1S/C18H22N2O4/c1-2-23-15-9-5-4-8-14(15)17(22)24-12-16(21)20-18(13-19)10-6-3-7-11-18/h4-5,8-9H,2-3,6-7,10-12H2,1H3,(H,20,21). The molecule has 1 aromatic carbocycles. The van der Waals surface area contributed by atoms with Gasteiger partial charge in [-0.15, -0.1) is 0 Å². The molecule has 0 atom stereocenters. The van der Waals surface area contributed by atoms with Gasteiger partial charge in [0.15, 0.2) is 6.61 Å².